The first-order chi connectivity index (χ1) is 8.63. The Bertz CT molecular complexity index is 468. The summed E-state index contributed by atoms with van der Waals surface area (Å²) in [6.45, 7) is 7.52. The summed E-state index contributed by atoms with van der Waals surface area (Å²) in [6.07, 6.45) is 1.11. The van der Waals surface area contributed by atoms with Crippen molar-refractivity contribution in [2.24, 2.45) is 0 Å². The molecule has 0 radical (unpaired) electrons. The van der Waals surface area contributed by atoms with Gasteiger partial charge in [0.2, 0.25) is 0 Å². The fraction of sp³-hybridized carbons (Fsp3) is 0.375. The smallest absolute Gasteiger partial charge is 0.0208 e. The molecule has 0 saturated heterocycles. The molecule has 0 aliphatic rings. The molecule has 2 aromatic rings. The van der Waals surface area contributed by atoms with Gasteiger partial charge in [-0.3, -0.25) is 0 Å². The van der Waals surface area contributed by atoms with Gasteiger partial charge in [0.15, 0.2) is 0 Å². The molecule has 1 N–H and O–H groups in total. The topological polar surface area (TPSA) is 12.0 Å². The third-order valence-electron chi connectivity index (χ3n) is 3.02. The van der Waals surface area contributed by atoms with Gasteiger partial charge in [0.1, 0.15) is 0 Å². The number of nitrogens with one attached hydrogen (secondary N) is 1. The van der Waals surface area contributed by atoms with Gasteiger partial charge < -0.3 is 5.32 Å². The van der Waals surface area contributed by atoms with Crippen LogP contribution in [-0.4, -0.2) is 6.04 Å². The summed E-state index contributed by atoms with van der Waals surface area (Å²) in [6, 6.07) is 11.6. The van der Waals surface area contributed by atoms with Crippen LogP contribution < -0.4 is 5.32 Å². The van der Waals surface area contributed by atoms with Gasteiger partial charge in [-0.1, -0.05) is 35.4 Å². The summed E-state index contributed by atoms with van der Waals surface area (Å²) in [4.78, 5) is 1.45. The van der Waals surface area contributed by atoms with Gasteiger partial charge in [-0.15, -0.1) is 11.3 Å². The molecule has 0 saturated carbocycles. The van der Waals surface area contributed by atoms with Crippen molar-refractivity contribution in [1.29, 1.82) is 0 Å². The van der Waals surface area contributed by atoms with Gasteiger partial charge in [0, 0.05) is 17.5 Å². The normalized spacial score (nSPS) is 12.6. The van der Waals surface area contributed by atoms with Crippen LogP contribution in [0.3, 0.4) is 0 Å². The number of benzene rings is 1. The van der Waals surface area contributed by atoms with Gasteiger partial charge in [0.25, 0.3) is 0 Å². The van der Waals surface area contributed by atoms with E-state index in [0.29, 0.717) is 6.04 Å². The minimum absolute atomic E-state index is 0.518. The zero-order valence-corrected chi connectivity index (χ0v) is 12.2. The van der Waals surface area contributed by atoms with E-state index in [-0.39, 0.29) is 0 Å². The second-order valence-electron chi connectivity index (χ2n) is 5.06. The van der Waals surface area contributed by atoms with E-state index in [1.165, 1.54) is 21.6 Å². The molecule has 18 heavy (non-hydrogen) atoms. The van der Waals surface area contributed by atoms with E-state index < -0.39 is 0 Å². The fourth-order valence-corrected chi connectivity index (χ4v) is 3.10. The van der Waals surface area contributed by atoms with Gasteiger partial charge in [0.05, 0.1) is 0 Å². The van der Waals surface area contributed by atoms with Crippen molar-refractivity contribution in [2.45, 2.75) is 39.8 Å². The van der Waals surface area contributed by atoms with Crippen LogP contribution in [0.25, 0.3) is 0 Å². The highest BCUT2D eigenvalue weighted by Gasteiger charge is 2.04. The zero-order valence-electron chi connectivity index (χ0n) is 11.4. The summed E-state index contributed by atoms with van der Waals surface area (Å²) in [5.74, 6) is 0. The number of hydrogen-bond donors (Lipinski definition) is 1. The van der Waals surface area contributed by atoms with E-state index >= 15 is 0 Å². The van der Waals surface area contributed by atoms with Gasteiger partial charge in [-0.05, 0) is 44.2 Å². The first-order valence-electron chi connectivity index (χ1n) is 6.46. The summed E-state index contributed by atoms with van der Waals surface area (Å²) in [7, 11) is 0. The average molecular weight is 259 g/mol. The molecule has 0 amide bonds. The lowest BCUT2D eigenvalue weighted by molar-refractivity contribution is 0.548. The van der Waals surface area contributed by atoms with Crippen molar-refractivity contribution in [3.63, 3.8) is 0 Å². The molecule has 0 fully saturated rings. The van der Waals surface area contributed by atoms with Crippen LogP contribution in [-0.2, 0) is 13.0 Å². The first kappa shape index (κ1) is 13.3. The molecule has 0 aliphatic heterocycles. The van der Waals surface area contributed by atoms with E-state index in [0.717, 1.165) is 13.0 Å². The number of rotatable bonds is 5. The molecule has 1 aromatic carbocycles. The minimum Gasteiger partial charge on any atom is -0.310 e. The number of hydrogen-bond acceptors (Lipinski definition) is 2. The molecule has 0 aliphatic carbocycles. The highest BCUT2D eigenvalue weighted by atomic mass is 32.1. The van der Waals surface area contributed by atoms with Gasteiger partial charge >= 0.3 is 0 Å². The van der Waals surface area contributed by atoms with E-state index in [1.54, 1.807) is 0 Å². The maximum absolute atomic E-state index is 3.60. The predicted octanol–water partition coefficient (Wildman–Crippen LogP) is 4.09. The minimum atomic E-state index is 0.518. The van der Waals surface area contributed by atoms with E-state index in [2.05, 4.69) is 61.8 Å². The lowest BCUT2D eigenvalue weighted by Gasteiger charge is -2.13. The lowest BCUT2D eigenvalue weighted by Crippen LogP contribution is -2.27. The standard InChI is InChI=1S/C16H21NS/c1-12-7-13(2)9-15(8-12)11-17-14(3)10-16-5-4-6-18-16/h4-9,14,17H,10-11H2,1-3H3. The van der Waals surface area contributed by atoms with Crippen LogP contribution in [0.5, 0.6) is 0 Å². The zero-order chi connectivity index (χ0) is 13.0. The van der Waals surface area contributed by atoms with Crippen molar-refractivity contribution < 1.29 is 0 Å². The van der Waals surface area contributed by atoms with E-state index in [1.807, 2.05) is 11.3 Å². The van der Waals surface area contributed by atoms with Crippen molar-refractivity contribution >= 4 is 11.3 Å². The molecule has 0 spiro atoms. The van der Waals surface area contributed by atoms with Gasteiger partial charge in [-0.25, -0.2) is 0 Å². The third-order valence-corrected chi connectivity index (χ3v) is 3.92. The fourth-order valence-electron chi connectivity index (χ4n) is 2.27. The Labute approximate surface area is 114 Å². The van der Waals surface area contributed by atoms with E-state index in [4.69, 9.17) is 0 Å². The lowest BCUT2D eigenvalue weighted by atomic mass is 10.1. The summed E-state index contributed by atoms with van der Waals surface area (Å²) in [5, 5.41) is 5.74. The van der Waals surface area contributed by atoms with Crippen molar-refractivity contribution in [3.8, 4) is 0 Å². The second kappa shape index (κ2) is 6.17. The Morgan fingerprint density at radius 1 is 1.17 bits per heavy atom. The molecule has 1 aromatic heterocycles. The van der Waals surface area contributed by atoms with Crippen LogP contribution in [0, 0.1) is 13.8 Å². The first-order valence-corrected chi connectivity index (χ1v) is 7.34. The van der Waals surface area contributed by atoms with Crippen molar-refractivity contribution in [3.05, 3.63) is 57.3 Å². The SMILES string of the molecule is Cc1cc(C)cc(CNC(C)Cc2cccs2)c1. The largest absolute Gasteiger partial charge is 0.310 e. The summed E-state index contributed by atoms with van der Waals surface area (Å²) in [5.41, 5.74) is 4.07. The average Bonchev–Trinajstić information content (AvgIpc) is 2.78. The molecule has 1 nitrogen and oxygen atoms in total. The van der Waals surface area contributed by atoms with Crippen LogP contribution in [0.1, 0.15) is 28.5 Å². The molecule has 2 rings (SSSR count). The molecule has 0 bridgehead atoms. The molecule has 96 valence electrons. The Morgan fingerprint density at radius 2 is 1.89 bits per heavy atom. The van der Waals surface area contributed by atoms with Crippen LogP contribution in [0.4, 0.5) is 0 Å². The highest BCUT2D eigenvalue weighted by Crippen LogP contribution is 2.12. The van der Waals surface area contributed by atoms with Crippen LogP contribution in [0.15, 0.2) is 35.7 Å². The molecule has 1 heterocycles. The number of thiophene rings is 1. The summed E-state index contributed by atoms with van der Waals surface area (Å²) >= 11 is 1.84. The maximum Gasteiger partial charge on any atom is 0.0208 e. The van der Waals surface area contributed by atoms with Crippen molar-refractivity contribution in [1.82, 2.24) is 5.32 Å². The maximum atomic E-state index is 3.60. The molecule has 2 heteroatoms. The monoisotopic (exact) mass is 259 g/mol. The Hall–Kier alpha value is -1.12. The molecular formula is C16H21NS. The highest BCUT2D eigenvalue weighted by molar-refractivity contribution is 7.09. The molecule has 1 atom stereocenters. The van der Waals surface area contributed by atoms with Crippen LogP contribution in [0.2, 0.25) is 0 Å². The quantitative estimate of drug-likeness (QED) is 0.853. The Morgan fingerprint density at radius 3 is 2.50 bits per heavy atom. The van der Waals surface area contributed by atoms with Gasteiger partial charge in [-0.2, -0.15) is 0 Å². The summed E-state index contributed by atoms with van der Waals surface area (Å²) < 4.78 is 0. The van der Waals surface area contributed by atoms with Crippen molar-refractivity contribution in [2.75, 3.05) is 0 Å². The van der Waals surface area contributed by atoms with Crippen LogP contribution >= 0.6 is 11.3 Å². The third kappa shape index (κ3) is 3.97. The Kier molecular flexibility index (Phi) is 4.56. The predicted molar refractivity (Wildman–Crippen MR) is 80.2 cm³/mol. The molecular weight excluding hydrogens is 238 g/mol. The second-order valence-corrected chi connectivity index (χ2v) is 6.09. The van der Waals surface area contributed by atoms with E-state index in [9.17, 15) is 0 Å². The Balaban J connectivity index is 1.87. The number of aryl methyl sites for hydroxylation is 2. The molecule has 1 unspecified atom stereocenters.